The van der Waals surface area contributed by atoms with Crippen LogP contribution in [-0.2, 0) is 4.74 Å². The molecule has 0 radical (unpaired) electrons. The van der Waals surface area contributed by atoms with Crippen molar-refractivity contribution in [3.8, 4) is 0 Å². The number of anilines is 3. The van der Waals surface area contributed by atoms with Crippen molar-refractivity contribution in [1.82, 2.24) is 19.5 Å². The topological polar surface area (TPSA) is 152 Å². The number of rotatable bonds is 4. The highest BCUT2D eigenvalue weighted by atomic mass is 16.6. The van der Waals surface area contributed by atoms with E-state index >= 15 is 0 Å². The Morgan fingerprint density at radius 1 is 1.19 bits per heavy atom. The summed E-state index contributed by atoms with van der Waals surface area (Å²) in [6.45, 7) is 1.58. The number of aryl methyl sites for hydroxylation is 1. The van der Waals surface area contributed by atoms with E-state index in [2.05, 4.69) is 20.3 Å². The highest BCUT2D eigenvalue weighted by Gasteiger charge is 2.44. The van der Waals surface area contributed by atoms with Gasteiger partial charge in [0.1, 0.15) is 18.3 Å². The van der Waals surface area contributed by atoms with Crippen LogP contribution in [0.15, 0.2) is 30.6 Å². The summed E-state index contributed by atoms with van der Waals surface area (Å²) in [6.07, 6.45) is -2.89. The van der Waals surface area contributed by atoms with Gasteiger partial charge in [-0.25, -0.2) is 4.98 Å². The molecule has 1 aliphatic rings. The van der Waals surface area contributed by atoms with Crippen LogP contribution in [0.4, 0.5) is 17.5 Å². The number of aliphatic hydroxyl groups excluding tert-OH is 3. The molecule has 0 aliphatic carbocycles. The number of hydrogen-bond donors (Lipinski definition) is 5. The summed E-state index contributed by atoms with van der Waals surface area (Å²) in [7, 11) is 0. The van der Waals surface area contributed by atoms with Crippen molar-refractivity contribution < 1.29 is 20.1 Å². The fourth-order valence-electron chi connectivity index (χ4n) is 3.09. The summed E-state index contributed by atoms with van der Waals surface area (Å²) in [6, 6.07) is 7.73. The summed E-state index contributed by atoms with van der Waals surface area (Å²) in [4.78, 5) is 12.7. The minimum absolute atomic E-state index is 0.0191. The molecule has 3 heterocycles. The first-order valence-corrected chi connectivity index (χ1v) is 8.44. The zero-order chi connectivity index (χ0) is 19.1. The maximum absolute atomic E-state index is 10.3. The molecule has 0 bridgehead atoms. The molecule has 10 nitrogen and oxygen atoms in total. The largest absolute Gasteiger partial charge is 0.394 e. The average molecular weight is 372 g/mol. The minimum Gasteiger partial charge on any atom is -0.394 e. The van der Waals surface area contributed by atoms with E-state index < -0.39 is 31.1 Å². The number of aliphatic hydroxyl groups is 3. The molecule has 27 heavy (non-hydrogen) atoms. The van der Waals surface area contributed by atoms with Gasteiger partial charge in [0.05, 0.1) is 12.9 Å². The van der Waals surface area contributed by atoms with Crippen LogP contribution in [-0.4, -0.2) is 59.8 Å². The van der Waals surface area contributed by atoms with E-state index in [9.17, 15) is 15.3 Å². The van der Waals surface area contributed by atoms with Crippen molar-refractivity contribution in [1.29, 1.82) is 0 Å². The summed E-state index contributed by atoms with van der Waals surface area (Å²) >= 11 is 0. The van der Waals surface area contributed by atoms with Crippen LogP contribution >= 0.6 is 0 Å². The van der Waals surface area contributed by atoms with Crippen molar-refractivity contribution in [2.24, 2.45) is 0 Å². The van der Waals surface area contributed by atoms with Crippen molar-refractivity contribution in [2.45, 2.75) is 31.5 Å². The summed E-state index contributed by atoms with van der Waals surface area (Å²) in [5, 5.41) is 32.7. The van der Waals surface area contributed by atoms with Crippen LogP contribution in [0, 0.1) is 6.92 Å². The third-order valence-electron chi connectivity index (χ3n) is 4.54. The molecule has 10 heteroatoms. The first-order chi connectivity index (χ1) is 13.0. The predicted octanol–water partition coefficient (Wildman–Crippen LogP) is 0.0720. The molecular formula is C17H20N6O4. The Morgan fingerprint density at radius 2 is 1.93 bits per heavy atom. The molecule has 0 saturated carbocycles. The number of imidazole rings is 1. The van der Waals surface area contributed by atoms with Crippen LogP contribution in [0.5, 0.6) is 0 Å². The summed E-state index contributed by atoms with van der Waals surface area (Å²) < 4.78 is 7.02. The van der Waals surface area contributed by atoms with Crippen LogP contribution < -0.4 is 11.1 Å². The van der Waals surface area contributed by atoms with Crippen molar-refractivity contribution in [3.05, 3.63) is 36.2 Å². The Balaban J connectivity index is 1.73. The second-order valence-electron chi connectivity index (χ2n) is 6.47. The lowest BCUT2D eigenvalue weighted by Gasteiger charge is -2.16. The van der Waals surface area contributed by atoms with E-state index in [-0.39, 0.29) is 5.95 Å². The first kappa shape index (κ1) is 17.6. The van der Waals surface area contributed by atoms with Gasteiger partial charge in [0.2, 0.25) is 5.95 Å². The first-order valence-electron chi connectivity index (χ1n) is 8.44. The average Bonchev–Trinajstić information content (AvgIpc) is 3.18. The van der Waals surface area contributed by atoms with Crippen molar-refractivity contribution in [3.63, 3.8) is 0 Å². The Bertz CT molecular complexity index is 960. The highest BCUT2D eigenvalue weighted by Crippen LogP contribution is 2.33. The van der Waals surface area contributed by atoms with Gasteiger partial charge in [0.25, 0.3) is 0 Å². The standard InChI is InChI=1S/C17H20N6O4/c1-8-2-4-9(5-3-8)20-14-11-15(22-17(18)21-14)23(7-19-11)16-13(26)12(25)10(6-24)27-16/h2-5,7,10,12-13,16,24-26H,6H2,1H3,(H3,18,20,21,22)/t10-,12+,13-,16+/m0/s1. The quantitative estimate of drug-likeness (QED) is 0.428. The molecule has 3 aromatic rings. The Hall–Kier alpha value is -2.79. The predicted molar refractivity (Wildman–Crippen MR) is 97.2 cm³/mol. The lowest BCUT2D eigenvalue weighted by molar-refractivity contribution is -0.0511. The smallest absolute Gasteiger partial charge is 0.224 e. The van der Waals surface area contributed by atoms with E-state index in [1.54, 1.807) is 0 Å². The normalized spacial score (nSPS) is 25.2. The van der Waals surface area contributed by atoms with Crippen molar-refractivity contribution >= 4 is 28.6 Å². The van der Waals surface area contributed by atoms with Gasteiger partial charge in [-0.05, 0) is 19.1 Å². The van der Waals surface area contributed by atoms with E-state index in [0.717, 1.165) is 11.3 Å². The van der Waals surface area contributed by atoms with Gasteiger partial charge in [0, 0.05) is 5.69 Å². The molecule has 2 aromatic heterocycles. The number of hydrogen-bond acceptors (Lipinski definition) is 9. The molecule has 0 amide bonds. The number of nitrogen functional groups attached to an aromatic ring is 1. The molecule has 0 unspecified atom stereocenters. The molecule has 1 aliphatic heterocycles. The summed E-state index contributed by atoms with van der Waals surface area (Å²) in [5.74, 6) is 0.428. The number of ether oxygens (including phenoxy) is 1. The molecular weight excluding hydrogens is 352 g/mol. The molecule has 4 atom stereocenters. The van der Waals surface area contributed by atoms with E-state index in [0.29, 0.717) is 17.0 Å². The SMILES string of the molecule is Cc1ccc(Nc2nc(N)nc3c2ncn3[C@@H]2O[C@@H](CO)[C@@H](O)[C@@H]2O)cc1. The Labute approximate surface area is 154 Å². The van der Waals surface area contributed by atoms with Gasteiger partial charge in [-0.2, -0.15) is 9.97 Å². The maximum atomic E-state index is 10.3. The zero-order valence-corrected chi connectivity index (χ0v) is 14.5. The number of nitrogens with zero attached hydrogens (tertiary/aromatic N) is 4. The molecule has 142 valence electrons. The van der Waals surface area contributed by atoms with Gasteiger partial charge < -0.3 is 31.1 Å². The van der Waals surface area contributed by atoms with Crippen LogP contribution in [0.1, 0.15) is 11.8 Å². The zero-order valence-electron chi connectivity index (χ0n) is 14.5. The number of nitrogens with one attached hydrogen (secondary N) is 1. The van der Waals surface area contributed by atoms with E-state index in [1.165, 1.54) is 10.9 Å². The molecule has 6 N–H and O–H groups in total. The number of fused-ring (bicyclic) bond motifs is 1. The lowest BCUT2D eigenvalue weighted by Crippen LogP contribution is -2.33. The number of benzene rings is 1. The molecule has 0 spiro atoms. The monoisotopic (exact) mass is 372 g/mol. The van der Waals surface area contributed by atoms with Gasteiger partial charge in [0.15, 0.2) is 23.2 Å². The van der Waals surface area contributed by atoms with Gasteiger partial charge >= 0.3 is 0 Å². The van der Waals surface area contributed by atoms with E-state index in [1.807, 2.05) is 31.2 Å². The molecule has 4 rings (SSSR count). The molecule has 1 saturated heterocycles. The highest BCUT2D eigenvalue weighted by molar-refractivity contribution is 5.86. The third-order valence-corrected chi connectivity index (χ3v) is 4.54. The fraction of sp³-hybridized carbons (Fsp3) is 0.353. The second kappa shape index (κ2) is 6.74. The summed E-state index contributed by atoms with van der Waals surface area (Å²) in [5.41, 5.74) is 8.56. The molecule has 1 fully saturated rings. The van der Waals surface area contributed by atoms with Gasteiger partial charge in [-0.3, -0.25) is 4.57 Å². The second-order valence-corrected chi connectivity index (χ2v) is 6.47. The number of nitrogens with two attached hydrogens (primary N) is 1. The van der Waals surface area contributed by atoms with E-state index in [4.69, 9.17) is 10.5 Å². The van der Waals surface area contributed by atoms with Crippen molar-refractivity contribution in [2.75, 3.05) is 17.7 Å². The van der Waals surface area contributed by atoms with Crippen LogP contribution in [0.25, 0.3) is 11.2 Å². The third kappa shape index (κ3) is 3.08. The van der Waals surface area contributed by atoms with Gasteiger partial charge in [-0.1, -0.05) is 17.7 Å². The minimum atomic E-state index is -1.25. The number of aromatic nitrogens is 4. The fourth-order valence-corrected chi connectivity index (χ4v) is 3.09. The Morgan fingerprint density at radius 3 is 2.59 bits per heavy atom. The van der Waals surface area contributed by atoms with Gasteiger partial charge in [-0.15, -0.1) is 0 Å². The van der Waals surface area contributed by atoms with Crippen LogP contribution in [0.3, 0.4) is 0 Å². The Kier molecular flexibility index (Phi) is 4.40. The lowest BCUT2D eigenvalue weighted by atomic mass is 10.1. The van der Waals surface area contributed by atoms with Crippen LogP contribution in [0.2, 0.25) is 0 Å². The molecule has 1 aromatic carbocycles. The maximum Gasteiger partial charge on any atom is 0.224 e.